The topological polar surface area (TPSA) is 71.8 Å². The summed E-state index contributed by atoms with van der Waals surface area (Å²) in [6.45, 7) is 2.42. The van der Waals surface area contributed by atoms with Gasteiger partial charge in [-0.15, -0.1) is 0 Å². The third-order valence-corrected chi connectivity index (χ3v) is 4.62. The molecule has 3 aromatic rings. The van der Waals surface area contributed by atoms with Gasteiger partial charge in [0.05, 0.1) is 18.7 Å². The Hall–Kier alpha value is -3.07. The molecule has 28 heavy (non-hydrogen) atoms. The van der Waals surface area contributed by atoms with Crippen LogP contribution in [0.5, 0.6) is 0 Å². The molecule has 7 nitrogen and oxygen atoms in total. The van der Waals surface area contributed by atoms with Crippen LogP contribution in [-0.4, -0.2) is 53.0 Å². The Kier molecular flexibility index (Phi) is 5.16. The highest BCUT2D eigenvalue weighted by Gasteiger charge is 2.28. The number of carbonyl (C=O) groups is 1. The van der Waals surface area contributed by atoms with Gasteiger partial charge in [0.1, 0.15) is 6.04 Å². The zero-order chi connectivity index (χ0) is 19.5. The molecule has 1 aliphatic rings. The number of fused-ring (bicyclic) bond motifs is 1. The monoisotopic (exact) mass is 387 g/mol. The normalized spacial score (nSPS) is 15.8. The van der Waals surface area contributed by atoms with Crippen LogP contribution in [0.4, 0.5) is 14.7 Å². The molecule has 0 aliphatic carbocycles. The first-order chi connectivity index (χ1) is 13.6. The maximum absolute atomic E-state index is 13.6. The molecular formula is C19H19F2N5O2. The summed E-state index contributed by atoms with van der Waals surface area (Å²) in [5, 5.41) is 2.41. The van der Waals surface area contributed by atoms with Gasteiger partial charge >= 0.3 is 0 Å². The van der Waals surface area contributed by atoms with Gasteiger partial charge in [0.25, 0.3) is 12.3 Å². The largest absolute Gasteiger partial charge is 0.378 e. The van der Waals surface area contributed by atoms with Gasteiger partial charge in [0, 0.05) is 31.7 Å². The fourth-order valence-electron chi connectivity index (χ4n) is 3.24. The summed E-state index contributed by atoms with van der Waals surface area (Å²) < 4.78 is 34.3. The summed E-state index contributed by atoms with van der Waals surface area (Å²) in [4.78, 5) is 23.2. The highest BCUT2D eigenvalue weighted by molar-refractivity contribution is 6.00. The lowest BCUT2D eigenvalue weighted by atomic mass is 10.1. The highest BCUT2D eigenvalue weighted by Crippen LogP contribution is 2.24. The number of ether oxygens (including phenoxy) is 1. The number of morpholine rings is 1. The Morgan fingerprint density at radius 1 is 1.18 bits per heavy atom. The second kappa shape index (κ2) is 7.89. The molecule has 4 rings (SSSR count). The molecule has 1 amide bonds. The van der Waals surface area contributed by atoms with E-state index in [0.717, 1.165) is 0 Å². The van der Waals surface area contributed by atoms with Crippen LogP contribution in [0.15, 0.2) is 48.9 Å². The van der Waals surface area contributed by atoms with E-state index in [4.69, 9.17) is 4.74 Å². The Morgan fingerprint density at radius 2 is 2.00 bits per heavy atom. The highest BCUT2D eigenvalue weighted by atomic mass is 19.3. The Bertz CT molecular complexity index is 957. The van der Waals surface area contributed by atoms with Gasteiger partial charge in [-0.05, 0) is 23.8 Å². The first-order valence-electron chi connectivity index (χ1n) is 8.94. The van der Waals surface area contributed by atoms with Crippen molar-refractivity contribution in [3.63, 3.8) is 0 Å². The van der Waals surface area contributed by atoms with Crippen molar-refractivity contribution in [2.45, 2.75) is 12.5 Å². The second-order valence-electron chi connectivity index (χ2n) is 6.39. The third-order valence-electron chi connectivity index (χ3n) is 4.62. The maximum atomic E-state index is 13.6. The molecule has 1 saturated heterocycles. The SMILES string of the molecule is O=C(NC(c1cccnc1)C(F)F)c1nc(N2CCOCC2)n2ccccc12. The van der Waals surface area contributed by atoms with Crippen molar-refractivity contribution in [2.24, 2.45) is 0 Å². The molecule has 3 aromatic heterocycles. The zero-order valence-corrected chi connectivity index (χ0v) is 15.0. The fraction of sp³-hybridized carbons (Fsp3) is 0.316. The first kappa shape index (κ1) is 18.3. The van der Waals surface area contributed by atoms with Crippen LogP contribution in [0.25, 0.3) is 5.52 Å². The van der Waals surface area contributed by atoms with E-state index in [1.54, 1.807) is 28.8 Å². The molecule has 0 bridgehead atoms. The average Bonchev–Trinajstić information content (AvgIpc) is 3.13. The summed E-state index contributed by atoms with van der Waals surface area (Å²) >= 11 is 0. The Labute approximate surface area is 160 Å². The molecule has 1 N–H and O–H groups in total. The van der Waals surface area contributed by atoms with Crippen molar-refractivity contribution >= 4 is 17.4 Å². The van der Waals surface area contributed by atoms with Crippen LogP contribution in [0.1, 0.15) is 22.1 Å². The van der Waals surface area contributed by atoms with Gasteiger partial charge in [0.15, 0.2) is 5.69 Å². The van der Waals surface area contributed by atoms with E-state index in [-0.39, 0.29) is 11.3 Å². The number of rotatable bonds is 5. The van der Waals surface area contributed by atoms with E-state index >= 15 is 0 Å². The van der Waals surface area contributed by atoms with Crippen LogP contribution in [0.3, 0.4) is 0 Å². The van der Waals surface area contributed by atoms with E-state index in [1.165, 1.54) is 18.5 Å². The van der Waals surface area contributed by atoms with Crippen molar-refractivity contribution in [3.05, 3.63) is 60.2 Å². The predicted molar refractivity (Wildman–Crippen MR) is 98.7 cm³/mol. The Morgan fingerprint density at radius 3 is 2.71 bits per heavy atom. The van der Waals surface area contributed by atoms with Crippen molar-refractivity contribution in [2.75, 3.05) is 31.2 Å². The molecule has 1 aliphatic heterocycles. The molecule has 0 radical (unpaired) electrons. The summed E-state index contributed by atoms with van der Waals surface area (Å²) in [6.07, 6.45) is 1.84. The minimum absolute atomic E-state index is 0.108. The number of nitrogens with one attached hydrogen (secondary N) is 1. The average molecular weight is 387 g/mol. The molecule has 0 saturated carbocycles. The number of aromatic nitrogens is 3. The van der Waals surface area contributed by atoms with E-state index in [9.17, 15) is 13.6 Å². The standard InChI is InChI=1S/C19H19F2N5O2/c20-17(21)15(13-4-3-6-22-12-13)23-18(27)16-14-5-1-2-7-26(14)19(24-16)25-8-10-28-11-9-25/h1-7,12,15,17H,8-11H2,(H,23,27). The van der Waals surface area contributed by atoms with Gasteiger partial charge < -0.3 is 15.0 Å². The fourth-order valence-corrected chi connectivity index (χ4v) is 3.24. The molecular weight excluding hydrogens is 368 g/mol. The van der Waals surface area contributed by atoms with Crippen LogP contribution in [-0.2, 0) is 4.74 Å². The van der Waals surface area contributed by atoms with Crippen molar-refractivity contribution in [1.82, 2.24) is 19.7 Å². The number of alkyl halides is 2. The number of imidazole rings is 1. The minimum atomic E-state index is -2.78. The molecule has 1 fully saturated rings. The van der Waals surface area contributed by atoms with Crippen LogP contribution in [0.2, 0.25) is 0 Å². The summed E-state index contributed by atoms with van der Waals surface area (Å²) in [5.74, 6) is -0.0589. The molecule has 9 heteroatoms. The zero-order valence-electron chi connectivity index (χ0n) is 15.0. The molecule has 1 atom stereocenters. The van der Waals surface area contributed by atoms with Gasteiger partial charge in [0.2, 0.25) is 5.95 Å². The van der Waals surface area contributed by atoms with Crippen LogP contribution in [0, 0.1) is 0 Å². The number of halogens is 2. The van der Waals surface area contributed by atoms with Crippen LogP contribution < -0.4 is 10.2 Å². The lowest BCUT2D eigenvalue weighted by Gasteiger charge is -2.27. The molecule has 0 aromatic carbocycles. The summed E-state index contributed by atoms with van der Waals surface area (Å²) in [5.41, 5.74) is 0.903. The lowest BCUT2D eigenvalue weighted by molar-refractivity contribution is 0.0741. The van der Waals surface area contributed by atoms with E-state index in [1.807, 2.05) is 11.0 Å². The molecule has 1 unspecified atom stereocenters. The summed E-state index contributed by atoms with van der Waals surface area (Å²) in [6, 6.07) is 6.95. The number of carbonyl (C=O) groups excluding carboxylic acids is 1. The van der Waals surface area contributed by atoms with Crippen molar-refractivity contribution < 1.29 is 18.3 Å². The number of pyridine rings is 2. The summed E-state index contributed by atoms with van der Waals surface area (Å²) in [7, 11) is 0. The van der Waals surface area contributed by atoms with Gasteiger partial charge in [-0.1, -0.05) is 12.1 Å². The number of hydrogen-bond acceptors (Lipinski definition) is 5. The van der Waals surface area contributed by atoms with Crippen LogP contribution >= 0.6 is 0 Å². The molecule has 0 spiro atoms. The predicted octanol–water partition coefficient (Wildman–Crippen LogP) is 2.30. The van der Waals surface area contributed by atoms with Crippen molar-refractivity contribution in [1.29, 1.82) is 0 Å². The van der Waals surface area contributed by atoms with Gasteiger partial charge in [-0.2, -0.15) is 0 Å². The lowest BCUT2D eigenvalue weighted by Crippen LogP contribution is -2.37. The number of hydrogen-bond donors (Lipinski definition) is 1. The first-order valence-corrected chi connectivity index (χ1v) is 8.94. The third kappa shape index (κ3) is 3.53. The quantitative estimate of drug-likeness (QED) is 0.727. The molecule has 4 heterocycles. The van der Waals surface area contributed by atoms with Gasteiger partial charge in [-0.25, -0.2) is 13.8 Å². The smallest absolute Gasteiger partial charge is 0.272 e. The minimum Gasteiger partial charge on any atom is -0.378 e. The molecule has 146 valence electrons. The number of nitrogens with zero attached hydrogens (tertiary/aromatic N) is 4. The van der Waals surface area contributed by atoms with Gasteiger partial charge in [-0.3, -0.25) is 14.2 Å². The van der Waals surface area contributed by atoms with Crippen molar-refractivity contribution in [3.8, 4) is 0 Å². The van der Waals surface area contributed by atoms with E-state index < -0.39 is 18.4 Å². The second-order valence-corrected chi connectivity index (χ2v) is 6.39. The number of anilines is 1. The van der Waals surface area contributed by atoms with E-state index in [0.29, 0.717) is 37.8 Å². The Balaban J connectivity index is 1.67. The maximum Gasteiger partial charge on any atom is 0.272 e. The van der Waals surface area contributed by atoms with E-state index in [2.05, 4.69) is 15.3 Å². The number of amides is 1.